The van der Waals surface area contributed by atoms with Crippen molar-refractivity contribution >= 4 is 33.2 Å². The third-order valence-corrected chi connectivity index (χ3v) is 7.65. The molecule has 33 heavy (non-hydrogen) atoms. The number of carbonyl (C=O) groups is 2. The van der Waals surface area contributed by atoms with Crippen molar-refractivity contribution in [3.8, 4) is 0 Å². The molecular formula is C23H28N4O5S. The molecule has 9 nitrogen and oxygen atoms in total. The van der Waals surface area contributed by atoms with Gasteiger partial charge in [0.25, 0.3) is 5.56 Å². The molecule has 1 fully saturated rings. The van der Waals surface area contributed by atoms with Gasteiger partial charge in [-0.15, -0.1) is 0 Å². The molecule has 0 spiro atoms. The molecule has 10 heteroatoms. The van der Waals surface area contributed by atoms with E-state index in [0.717, 1.165) is 12.1 Å². The van der Waals surface area contributed by atoms with Gasteiger partial charge >= 0.3 is 6.03 Å². The first-order valence-electron chi connectivity index (χ1n) is 11.1. The summed E-state index contributed by atoms with van der Waals surface area (Å²) < 4.78 is 28.3. The highest BCUT2D eigenvalue weighted by Crippen LogP contribution is 2.35. The summed E-state index contributed by atoms with van der Waals surface area (Å²) in [5.41, 5.74) is 1.74. The lowest BCUT2D eigenvalue weighted by Gasteiger charge is -2.42. The van der Waals surface area contributed by atoms with Gasteiger partial charge in [-0.05, 0) is 62.1 Å². The van der Waals surface area contributed by atoms with Gasteiger partial charge in [0.2, 0.25) is 10.0 Å². The Hall–Kier alpha value is -3.14. The van der Waals surface area contributed by atoms with E-state index < -0.39 is 10.0 Å². The third-order valence-electron chi connectivity index (χ3n) is 6.17. The molecule has 0 saturated carbocycles. The van der Waals surface area contributed by atoms with Crippen LogP contribution in [0, 0.1) is 5.92 Å². The van der Waals surface area contributed by atoms with Crippen molar-refractivity contribution in [1.82, 2.24) is 9.47 Å². The maximum absolute atomic E-state index is 13.0. The Labute approximate surface area is 192 Å². The first-order valence-corrected chi connectivity index (χ1v) is 12.7. The highest BCUT2D eigenvalue weighted by molar-refractivity contribution is 7.92. The molecule has 2 atom stereocenters. The molecule has 2 aliphatic rings. The number of urea groups is 1. The first-order chi connectivity index (χ1) is 15.7. The molecule has 2 bridgehead atoms. The number of likely N-dealkylation sites (tertiary alicyclic amines) is 1. The van der Waals surface area contributed by atoms with Crippen molar-refractivity contribution in [1.29, 1.82) is 0 Å². The van der Waals surface area contributed by atoms with Gasteiger partial charge in [0.1, 0.15) is 5.69 Å². The van der Waals surface area contributed by atoms with Gasteiger partial charge in [0.05, 0.1) is 5.75 Å². The molecule has 1 aromatic carbocycles. The summed E-state index contributed by atoms with van der Waals surface area (Å²) in [5.74, 6) is 0.0210. The minimum absolute atomic E-state index is 0.00246. The van der Waals surface area contributed by atoms with Gasteiger partial charge < -0.3 is 14.8 Å². The molecule has 1 saturated heterocycles. The van der Waals surface area contributed by atoms with Crippen LogP contribution in [0.3, 0.4) is 0 Å². The van der Waals surface area contributed by atoms with Crippen LogP contribution in [-0.2, 0) is 16.6 Å². The van der Waals surface area contributed by atoms with Crippen LogP contribution < -0.4 is 15.6 Å². The van der Waals surface area contributed by atoms with Crippen LogP contribution in [0.1, 0.15) is 48.7 Å². The molecule has 2 aromatic rings. The van der Waals surface area contributed by atoms with Gasteiger partial charge in [0.15, 0.2) is 5.78 Å². The Morgan fingerprint density at radius 1 is 1.06 bits per heavy atom. The number of rotatable bonds is 6. The average Bonchev–Trinajstić information content (AvgIpc) is 2.76. The van der Waals surface area contributed by atoms with E-state index in [1.165, 1.54) is 13.0 Å². The SMILES string of the molecule is CCCS(=O)(=O)Nc1ccc2n(c1=O)C[C@H]1C[C@@H]2CN(C(=O)Nc2ccc(C(C)=O)cc2)C1. The smallest absolute Gasteiger partial charge is 0.321 e. The number of hydrogen-bond acceptors (Lipinski definition) is 5. The largest absolute Gasteiger partial charge is 0.324 e. The lowest BCUT2D eigenvalue weighted by atomic mass is 9.83. The number of anilines is 2. The molecule has 0 radical (unpaired) electrons. The number of hydrogen-bond donors (Lipinski definition) is 2. The highest BCUT2D eigenvalue weighted by Gasteiger charge is 2.37. The molecule has 176 valence electrons. The van der Waals surface area contributed by atoms with E-state index in [1.54, 1.807) is 46.7 Å². The zero-order valence-corrected chi connectivity index (χ0v) is 19.5. The number of carbonyl (C=O) groups excluding carboxylic acids is 2. The minimum atomic E-state index is -3.55. The van der Waals surface area contributed by atoms with Crippen LogP contribution in [0.15, 0.2) is 41.2 Å². The maximum Gasteiger partial charge on any atom is 0.321 e. The Bertz CT molecular complexity index is 1240. The van der Waals surface area contributed by atoms with E-state index in [0.29, 0.717) is 37.3 Å². The van der Waals surface area contributed by atoms with Crippen molar-refractivity contribution < 1.29 is 18.0 Å². The van der Waals surface area contributed by atoms with Crippen molar-refractivity contribution in [3.63, 3.8) is 0 Å². The maximum atomic E-state index is 13.0. The van der Waals surface area contributed by atoms with Gasteiger partial charge in [-0.3, -0.25) is 14.3 Å². The predicted molar refractivity (Wildman–Crippen MR) is 126 cm³/mol. The molecule has 4 rings (SSSR count). The second-order valence-electron chi connectivity index (χ2n) is 8.78. The van der Waals surface area contributed by atoms with Crippen LogP contribution in [0.4, 0.5) is 16.2 Å². The molecule has 0 unspecified atom stereocenters. The predicted octanol–water partition coefficient (Wildman–Crippen LogP) is 2.85. The molecule has 3 heterocycles. The van der Waals surface area contributed by atoms with E-state index in [9.17, 15) is 22.8 Å². The second-order valence-corrected chi connectivity index (χ2v) is 10.6. The lowest BCUT2D eigenvalue weighted by Crippen LogP contribution is -2.50. The van der Waals surface area contributed by atoms with Crippen LogP contribution in [0.25, 0.3) is 0 Å². The summed E-state index contributed by atoms with van der Waals surface area (Å²) in [4.78, 5) is 39.0. The van der Waals surface area contributed by atoms with E-state index in [4.69, 9.17) is 0 Å². The molecule has 2 amide bonds. The number of benzene rings is 1. The fourth-order valence-electron chi connectivity index (χ4n) is 4.67. The van der Waals surface area contributed by atoms with Crippen molar-refractivity contribution in [3.05, 3.63) is 58.0 Å². The number of Topliss-reactive ketones (excluding diaryl/α,β-unsaturated/α-hetero) is 1. The van der Waals surface area contributed by atoms with Gasteiger partial charge in [-0.2, -0.15) is 0 Å². The van der Waals surface area contributed by atoms with Gasteiger partial charge in [-0.1, -0.05) is 6.92 Å². The highest BCUT2D eigenvalue weighted by atomic mass is 32.2. The monoisotopic (exact) mass is 472 g/mol. The van der Waals surface area contributed by atoms with E-state index in [2.05, 4.69) is 10.0 Å². The normalized spacial score (nSPS) is 19.5. The summed E-state index contributed by atoms with van der Waals surface area (Å²) in [7, 11) is -3.55. The fraction of sp³-hybridized carbons (Fsp3) is 0.435. The summed E-state index contributed by atoms with van der Waals surface area (Å²) >= 11 is 0. The number of pyridine rings is 1. The zero-order chi connectivity index (χ0) is 23.8. The summed E-state index contributed by atoms with van der Waals surface area (Å²) in [6, 6.07) is 9.85. The molecule has 0 aliphatic carbocycles. The Balaban J connectivity index is 1.49. The number of nitrogens with zero attached hydrogens (tertiary/aromatic N) is 2. The first kappa shape index (κ1) is 23.0. The molecule has 2 aliphatic heterocycles. The second kappa shape index (κ2) is 9.01. The number of piperidine rings is 1. The van der Waals surface area contributed by atoms with E-state index in [1.807, 2.05) is 0 Å². The summed E-state index contributed by atoms with van der Waals surface area (Å²) in [5, 5.41) is 2.88. The van der Waals surface area contributed by atoms with Gasteiger partial charge in [0, 0.05) is 42.5 Å². The number of nitrogens with one attached hydrogen (secondary N) is 2. The Morgan fingerprint density at radius 3 is 2.45 bits per heavy atom. The summed E-state index contributed by atoms with van der Waals surface area (Å²) in [6.07, 6.45) is 1.34. The Morgan fingerprint density at radius 2 is 1.79 bits per heavy atom. The lowest BCUT2D eigenvalue weighted by molar-refractivity contribution is 0.101. The van der Waals surface area contributed by atoms with Crippen molar-refractivity contribution in [2.45, 2.75) is 39.2 Å². The van der Waals surface area contributed by atoms with E-state index >= 15 is 0 Å². The quantitative estimate of drug-likeness (QED) is 0.627. The number of ketones is 1. The number of amides is 2. The van der Waals surface area contributed by atoms with E-state index in [-0.39, 0.29) is 40.6 Å². The van der Waals surface area contributed by atoms with Crippen LogP contribution >= 0.6 is 0 Å². The molecular weight excluding hydrogens is 444 g/mol. The third kappa shape index (κ3) is 4.95. The minimum Gasteiger partial charge on any atom is -0.324 e. The summed E-state index contributed by atoms with van der Waals surface area (Å²) in [6.45, 7) is 4.67. The molecule has 1 aromatic heterocycles. The van der Waals surface area contributed by atoms with Crippen LogP contribution in [0.2, 0.25) is 0 Å². The zero-order valence-electron chi connectivity index (χ0n) is 18.7. The Kier molecular flexibility index (Phi) is 6.29. The number of aromatic nitrogens is 1. The average molecular weight is 473 g/mol. The number of sulfonamides is 1. The fourth-order valence-corrected chi connectivity index (χ4v) is 5.80. The molecule has 2 N–H and O–H groups in total. The standard InChI is InChI=1S/C23H28N4O5S/c1-3-10-33(31,32)25-20-8-9-21-18-11-16(13-27(21)22(20)29)12-26(14-18)23(30)24-19-6-4-17(5-7-19)15(2)28/h4-9,16,18,25H,3,10-14H2,1-2H3,(H,24,30)/t16-,18+/m0/s1. The van der Waals surface area contributed by atoms with Crippen molar-refractivity contribution in [2.75, 3.05) is 28.9 Å². The van der Waals surface area contributed by atoms with Crippen molar-refractivity contribution in [2.24, 2.45) is 5.92 Å². The van der Waals surface area contributed by atoms with Gasteiger partial charge in [-0.25, -0.2) is 13.2 Å². The number of fused-ring (bicyclic) bond motifs is 4. The van der Waals surface area contributed by atoms with Crippen LogP contribution in [-0.4, -0.2) is 48.5 Å². The topological polar surface area (TPSA) is 118 Å². The van der Waals surface area contributed by atoms with Crippen LogP contribution in [0.5, 0.6) is 0 Å².